The van der Waals surface area contributed by atoms with Crippen LogP contribution in [0.25, 0.3) is 0 Å². The summed E-state index contributed by atoms with van der Waals surface area (Å²) in [6.07, 6.45) is -0.713. The highest BCUT2D eigenvalue weighted by molar-refractivity contribution is 8.19. The van der Waals surface area contributed by atoms with E-state index in [0.29, 0.717) is 16.0 Å². The average Bonchev–Trinajstić information content (AvgIpc) is 3.21. The maximum atomic E-state index is 11.6. The highest BCUT2D eigenvalue weighted by Gasteiger charge is 2.17. The third-order valence-corrected chi connectivity index (χ3v) is 6.53. The van der Waals surface area contributed by atoms with E-state index in [0.717, 1.165) is 0 Å². The normalized spacial score (nSPS) is 14.8. The number of oxime groups is 1. The van der Waals surface area contributed by atoms with Gasteiger partial charge < -0.3 is 10.5 Å². The van der Waals surface area contributed by atoms with Crippen LogP contribution in [0.5, 0.6) is 5.75 Å². The maximum absolute atomic E-state index is 11.6. The first kappa shape index (κ1) is 18.5. The summed E-state index contributed by atoms with van der Waals surface area (Å²) in [6, 6.07) is 16.9. The quantitative estimate of drug-likeness (QED) is 0.335. The minimum absolute atomic E-state index is 0.0326. The molecule has 26 heavy (non-hydrogen) atoms. The Morgan fingerprint density at radius 3 is 2.50 bits per heavy atom. The van der Waals surface area contributed by atoms with Crippen molar-refractivity contribution in [1.82, 2.24) is 0 Å². The molecular formula is C18H19N3O3S2. The highest BCUT2D eigenvalue weighted by atomic mass is 32.2. The number of ether oxygens (including phenoxy) is 1. The van der Waals surface area contributed by atoms with Gasteiger partial charge in [0.1, 0.15) is 12.4 Å². The summed E-state index contributed by atoms with van der Waals surface area (Å²) < 4.78 is 6.06. The second-order valence-corrected chi connectivity index (χ2v) is 8.11. The summed E-state index contributed by atoms with van der Waals surface area (Å²) in [5, 5.41) is 6.10. The summed E-state index contributed by atoms with van der Waals surface area (Å²) in [4.78, 5) is 16.3. The highest BCUT2D eigenvalue weighted by Crippen LogP contribution is 2.45. The van der Waals surface area contributed by atoms with Gasteiger partial charge in [0.25, 0.3) is 0 Å². The fraction of sp³-hybridized carbons (Fsp3) is 0.222. The first-order chi connectivity index (χ1) is 12.7. The SMILES string of the molecule is N/C(COc1ccc(C2SCCS2)cc1)=N\OC(=O)Nc1ccccc1. The zero-order valence-corrected chi connectivity index (χ0v) is 15.6. The number of carbonyl (C=O) groups is 1. The van der Waals surface area contributed by atoms with Crippen LogP contribution in [0.4, 0.5) is 10.5 Å². The minimum Gasteiger partial charge on any atom is -0.486 e. The Hall–Kier alpha value is -2.32. The number of para-hydroxylation sites is 1. The van der Waals surface area contributed by atoms with Crippen molar-refractivity contribution in [1.29, 1.82) is 0 Å². The lowest BCUT2D eigenvalue weighted by Gasteiger charge is -2.10. The molecular weight excluding hydrogens is 370 g/mol. The van der Waals surface area contributed by atoms with Crippen LogP contribution in [0.15, 0.2) is 59.8 Å². The van der Waals surface area contributed by atoms with E-state index >= 15 is 0 Å². The molecule has 1 saturated heterocycles. The fourth-order valence-corrected chi connectivity index (χ4v) is 5.08. The van der Waals surface area contributed by atoms with Gasteiger partial charge in [0.15, 0.2) is 5.84 Å². The van der Waals surface area contributed by atoms with Gasteiger partial charge in [-0.3, -0.25) is 10.2 Å². The predicted molar refractivity (Wildman–Crippen MR) is 108 cm³/mol. The number of nitrogens with one attached hydrogen (secondary N) is 1. The molecule has 0 bridgehead atoms. The first-order valence-electron chi connectivity index (χ1n) is 8.02. The molecule has 6 nitrogen and oxygen atoms in total. The Bertz CT molecular complexity index is 748. The number of rotatable bonds is 6. The smallest absolute Gasteiger partial charge is 0.437 e. The molecule has 0 aromatic heterocycles. The monoisotopic (exact) mass is 389 g/mol. The molecule has 8 heteroatoms. The Labute approximate surface area is 160 Å². The van der Waals surface area contributed by atoms with Crippen LogP contribution < -0.4 is 15.8 Å². The van der Waals surface area contributed by atoms with E-state index in [9.17, 15) is 4.79 Å². The molecule has 0 atom stereocenters. The lowest BCUT2D eigenvalue weighted by atomic mass is 10.2. The lowest BCUT2D eigenvalue weighted by molar-refractivity contribution is 0.165. The molecule has 0 radical (unpaired) electrons. The van der Waals surface area contributed by atoms with Gasteiger partial charge in [-0.25, -0.2) is 4.79 Å². The van der Waals surface area contributed by atoms with Gasteiger partial charge in [-0.05, 0) is 29.8 Å². The number of nitrogens with two attached hydrogens (primary N) is 1. The van der Waals surface area contributed by atoms with Crippen LogP contribution in [0, 0.1) is 0 Å². The van der Waals surface area contributed by atoms with E-state index < -0.39 is 6.09 Å². The molecule has 1 aliphatic heterocycles. The first-order valence-corrected chi connectivity index (χ1v) is 10.1. The Morgan fingerprint density at radius 2 is 1.81 bits per heavy atom. The molecule has 3 N–H and O–H groups in total. The molecule has 0 aliphatic carbocycles. The van der Waals surface area contributed by atoms with Gasteiger partial charge in [0.05, 0.1) is 4.58 Å². The van der Waals surface area contributed by atoms with E-state index in [-0.39, 0.29) is 12.4 Å². The summed E-state index contributed by atoms with van der Waals surface area (Å²) in [5.41, 5.74) is 7.60. The molecule has 3 rings (SSSR count). The molecule has 1 fully saturated rings. The summed E-state index contributed by atoms with van der Waals surface area (Å²) in [5.74, 6) is 3.14. The topological polar surface area (TPSA) is 85.9 Å². The van der Waals surface area contributed by atoms with Crippen molar-refractivity contribution in [3.63, 3.8) is 0 Å². The second kappa shape index (κ2) is 9.40. The van der Waals surface area contributed by atoms with Crippen molar-refractivity contribution in [2.24, 2.45) is 10.9 Å². The van der Waals surface area contributed by atoms with Crippen LogP contribution in [0.3, 0.4) is 0 Å². The van der Waals surface area contributed by atoms with E-state index in [1.54, 1.807) is 24.3 Å². The van der Waals surface area contributed by atoms with Gasteiger partial charge in [0.2, 0.25) is 0 Å². The van der Waals surface area contributed by atoms with Gasteiger partial charge in [0, 0.05) is 17.2 Å². The molecule has 136 valence electrons. The molecule has 2 aromatic carbocycles. The van der Waals surface area contributed by atoms with Crippen molar-refractivity contribution >= 4 is 41.1 Å². The van der Waals surface area contributed by atoms with E-state index in [1.807, 2.05) is 41.7 Å². The van der Waals surface area contributed by atoms with Gasteiger partial charge in [-0.2, -0.15) is 0 Å². The number of thioether (sulfide) groups is 2. The largest absolute Gasteiger partial charge is 0.486 e. The molecule has 1 amide bonds. The number of hydrogen-bond donors (Lipinski definition) is 2. The second-order valence-electron chi connectivity index (χ2n) is 5.38. The standard InChI is InChI=1S/C18H19N3O3S2/c19-16(21-24-18(22)20-14-4-2-1-3-5-14)12-23-15-8-6-13(7-9-15)17-25-10-11-26-17/h1-9,17H,10-12H2,(H2,19,21)(H,20,22). The minimum atomic E-state index is -0.713. The van der Waals surface area contributed by atoms with Crippen molar-refractivity contribution in [3.05, 3.63) is 60.2 Å². The van der Waals surface area contributed by atoms with E-state index in [1.165, 1.54) is 17.1 Å². The van der Waals surface area contributed by atoms with Crippen molar-refractivity contribution in [3.8, 4) is 5.75 Å². The van der Waals surface area contributed by atoms with Crippen LogP contribution in [0.2, 0.25) is 0 Å². The number of hydrogen-bond acceptors (Lipinski definition) is 6. The molecule has 1 heterocycles. The molecule has 1 aliphatic rings. The Morgan fingerprint density at radius 1 is 1.12 bits per heavy atom. The molecule has 0 spiro atoms. The van der Waals surface area contributed by atoms with Gasteiger partial charge in [-0.15, -0.1) is 23.5 Å². The van der Waals surface area contributed by atoms with Crippen LogP contribution in [0.1, 0.15) is 10.1 Å². The Balaban J connectivity index is 1.43. The molecule has 0 saturated carbocycles. The number of amidine groups is 1. The summed E-state index contributed by atoms with van der Waals surface area (Å²) >= 11 is 3.92. The third-order valence-electron chi connectivity index (χ3n) is 3.43. The zero-order chi connectivity index (χ0) is 18.2. The van der Waals surface area contributed by atoms with Crippen LogP contribution >= 0.6 is 23.5 Å². The van der Waals surface area contributed by atoms with Crippen LogP contribution in [-0.2, 0) is 4.84 Å². The molecule has 0 unspecified atom stereocenters. The van der Waals surface area contributed by atoms with Crippen molar-refractivity contribution in [2.45, 2.75) is 4.58 Å². The summed E-state index contributed by atoms with van der Waals surface area (Å²) in [7, 11) is 0. The maximum Gasteiger partial charge on any atom is 0.437 e. The fourth-order valence-electron chi connectivity index (χ4n) is 2.22. The lowest BCUT2D eigenvalue weighted by Crippen LogP contribution is -2.23. The van der Waals surface area contributed by atoms with E-state index in [4.69, 9.17) is 15.3 Å². The van der Waals surface area contributed by atoms with Crippen molar-refractivity contribution in [2.75, 3.05) is 23.4 Å². The number of nitrogens with zero attached hydrogens (tertiary/aromatic N) is 1. The Kier molecular flexibility index (Phi) is 6.68. The average molecular weight is 390 g/mol. The third kappa shape index (κ3) is 5.60. The van der Waals surface area contributed by atoms with E-state index in [2.05, 4.69) is 22.6 Å². The zero-order valence-electron chi connectivity index (χ0n) is 14.0. The predicted octanol–water partition coefficient (Wildman–Crippen LogP) is 4.06. The molecule has 2 aromatic rings. The van der Waals surface area contributed by atoms with Crippen LogP contribution in [-0.4, -0.2) is 30.0 Å². The van der Waals surface area contributed by atoms with Gasteiger partial charge in [-0.1, -0.05) is 35.5 Å². The number of amides is 1. The van der Waals surface area contributed by atoms with Crippen molar-refractivity contribution < 1.29 is 14.4 Å². The number of anilines is 1. The summed E-state index contributed by atoms with van der Waals surface area (Å²) in [6.45, 7) is 0.0326. The number of benzene rings is 2. The number of carbonyl (C=O) groups excluding carboxylic acids is 1. The van der Waals surface area contributed by atoms with Gasteiger partial charge >= 0.3 is 6.09 Å².